The minimum atomic E-state index is -2.62. The van der Waals surface area contributed by atoms with Crippen molar-refractivity contribution in [2.45, 2.75) is 50.6 Å². The van der Waals surface area contributed by atoms with E-state index in [-0.39, 0.29) is 29.8 Å². The molecule has 144 valence electrons. The van der Waals surface area contributed by atoms with Crippen LogP contribution in [0.25, 0.3) is 0 Å². The maximum absolute atomic E-state index is 12.4. The van der Waals surface area contributed by atoms with E-state index < -0.39 is 29.8 Å². The number of alkyl carbamates (subject to hydrolysis) is 1. The van der Waals surface area contributed by atoms with Gasteiger partial charge in [-0.3, -0.25) is 14.9 Å². The van der Waals surface area contributed by atoms with Crippen LogP contribution in [-0.4, -0.2) is 46.9 Å². The standard InChI is InChI=1S/C15H19F2N3O5S/c1-7-10(8(2)19-14(18-7)26-13(16)17)5-6-11(21)25-9(3)12(22)20-15(23)24-4/h9,13H,5-6H2,1-4H3,(H,20,22,23)/t9-/m0/s1. The number of thioether (sulfide) groups is 1. The SMILES string of the molecule is COC(=O)NC(=O)[C@H](C)OC(=O)CCc1c(C)nc(SC(F)F)nc1C. The van der Waals surface area contributed by atoms with Crippen molar-refractivity contribution >= 4 is 29.7 Å². The van der Waals surface area contributed by atoms with E-state index in [1.807, 2.05) is 5.32 Å². The number of aromatic nitrogens is 2. The zero-order chi connectivity index (χ0) is 19.9. The Balaban J connectivity index is 2.62. The van der Waals surface area contributed by atoms with Gasteiger partial charge in [-0.2, -0.15) is 8.78 Å². The van der Waals surface area contributed by atoms with Gasteiger partial charge in [0.1, 0.15) is 0 Å². The third kappa shape index (κ3) is 6.90. The summed E-state index contributed by atoms with van der Waals surface area (Å²) >= 11 is 0.249. The molecule has 0 spiro atoms. The van der Waals surface area contributed by atoms with Crippen LogP contribution in [0.15, 0.2) is 5.16 Å². The summed E-state index contributed by atoms with van der Waals surface area (Å²) in [5, 5.41) is 1.85. The molecule has 0 aliphatic carbocycles. The second-order valence-electron chi connectivity index (χ2n) is 5.15. The number of imide groups is 1. The molecule has 0 radical (unpaired) electrons. The number of hydrogen-bond acceptors (Lipinski definition) is 8. The predicted octanol–water partition coefficient (Wildman–Crippen LogP) is 2.16. The van der Waals surface area contributed by atoms with E-state index in [4.69, 9.17) is 4.74 Å². The van der Waals surface area contributed by atoms with Crippen LogP contribution < -0.4 is 5.32 Å². The average molecular weight is 391 g/mol. The summed E-state index contributed by atoms with van der Waals surface area (Å²) in [5.74, 6) is -4.09. The van der Waals surface area contributed by atoms with Crippen molar-refractivity contribution in [1.82, 2.24) is 15.3 Å². The third-order valence-corrected chi connectivity index (χ3v) is 3.83. The number of amides is 2. The Morgan fingerprint density at radius 1 is 1.19 bits per heavy atom. The number of aryl methyl sites for hydroxylation is 2. The summed E-state index contributed by atoms with van der Waals surface area (Å²) in [7, 11) is 1.09. The smallest absolute Gasteiger partial charge is 0.413 e. The lowest BCUT2D eigenvalue weighted by atomic mass is 10.1. The van der Waals surface area contributed by atoms with Gasteiger partial charge in [0.15, 0.2) is 11.3 Å². The molecular formula is C15H19F2N3O5S. The van der Waals surface area contributed by atoms with Crippen LogP contribution in [-0.2, 0) is 25.5 Å². The predicted molar refractivity (Wildman–Crippen MR) is 87.8 cm³/mol. The first-order valence-electron chi connectivity index (χ1n) is 7.51. The molecule has 11 heteroatoms. The van der Waals surface area contributed by atoms with Gasteiger partial charge >= 0.3 is 12.1 Å². The number of esters is 1. The Labute approximate surface area is 153 Å². The molecule has 0 aliphatic rings. The largest absolute Gasteiger partial charge is 0.453 e. The average Bonchev–Trinajstić information content (AvgIpc) is 2.52. The minimum Gasteiger partial charge on any atom is -0.453 e. The van der Waals surface area contributed by atoms with Gasteiger partial charge in [0.25, 0.3) is 11.7 Å². The molecule has 0 fully saturated rings. The number of nitrogens with zero attached hydrogens (tertiary/aromatic N) is 2. The molecule has 8 nitrogen and oxygen atoms in total. The monoisotopic (exact) mass is 391 g/mol. The molecule has 0 aromatic carbocycles. The normalized spacial score (nSPS) is 11.8. The molecule has 1 heterocycles. The van der Waals surface area contributed by atoms with Gasteiger partial charge in [0.05, 0.1) is 7.11 Å². The van der Waals surface area contributed by atoms with Crippen LogP contribution in [0.3, 0.4) is 0 Å². The van der Waals surface area contributed by atoms with Crippen LogP contribution >= 0.6 is 11.8 Å². The summed E-state index contributed by atoms with van der Waals surface area (Å²) in [4.78, 5) is 42.4. The number of ether oxygens (including phenoxy) is 2. The fourth-order valence-electron chi connectivity index (χ4n) is 1.99. The lowest BCUT2D eigenvalue weighted by Gasteiger charge is -2.13. The molecule has 1 atom stereocenters. The maximum Gasteiger partial charge on any atom is 0.413 e. The molecule has 1 aromatic heterocycles. The number of alkyl halides is 2. The van der Waals surface area contributed by atoms with Gasteiger partial charge in [0, 0.05) is 17.8 Å². The van der Waals surface area contributed by atoms with Gasteiger partial charge in [0.2, 0.25) is 0 Å². The highest BCUT2D eigenvalue weighted by Gasteiger charge is 2.21. The van der Waals surface area contributed by atoms with Crippen molar-refractivity contribution in [1.29, 1.82) is 0 Å². The van der Waals surface area contributed by atoms with E-state index in [0.717, 1.165) is 7.11 Å². The van der Waals surface area contributed by atoms with Crippen molar-refractivity contribution < 1.29 is 32.6 Å². The third-order valence-electron chi connectivity index (χ3n) is 3.26. The zero-order valence-corrected chi connectivity index (χ0v) is 15.5. The minimum absolute atomic E-state index is 0.0329. The molecule has 1 aromatic rings. The van der Waals surface area contributed by atoms with E-state index in [0.29, 0.717) is 17.0 Å². The van der Waals surface area contributed by atoms with Crippen LogP contribution in [0.4, 0.5) is 13.6 Å². The molecule has 0 saturated heterocycles. The number of rotatable bonds is 7. The molecule has 0 unspecified atom stereocenters. The first-order valence-corrected chi connectivity index (χ1v) is 8.39. The summed E-state index contributed by atoms with van der Waals surface area (Å²) in [5.41, 5.74) is 1.63. The Morgan fingerprint density at radius 3 is 2.27 bits per heavy atom. The van der Waals surface area contributed by atoms with E-state index in [9.17, 15) is 23.2 Å². The summed E-state index contributed by atoms with van der Waals surface area (Å²) < 4.78 is 34.0. The topological polar surface area (TPSA) is 107 Å². The van der Waals surface area contributed by atoms with Crippen LogP contribution in [0.1, 0.15) is 30.3 Å². The summed E-state index contributed by atoms with van der Waals surface area (Å²) in [6.45, 7) is 4.58. The van der Waals surface area contributed by atoms with Crippen molar-refractivity contribution in [2.75, 3.05) is 7.11 Å². The van der Waals surface area contributed by atoms with E-state index in [1.165, 1.54) is 6.92 Å². The highest BCUT2D eigenvalue weighted by Crippen LogP contribution is 2.24. The first-order chi connectivity index (χ1) is 12.1. The summed E-state index contributed by atoms with van der Waals surface area (Å²) in [6.07, 6.45) is -1.98. The quantitative estimate of drug-likeness (QED) is 0.428. The Hall–Kier alpha value is -2.30. The fraction of sp³-hybridized carbons (Fsp3) is 0.533. The lowest BCUT2D eigenvalue weighted by molar-refractivity contribution is -0.154. The van der Waals surface area contributed by atoms with Gasteiger partial charge in [-0.1, -0.05) is 0 Å². The van der Waals surface area contributed by atoms with Crippen LogP contribution in [0.2, 0.25) is 0 Å². The number of hydrogen-bond donors (Lipinski definition) is 1. The highest BCUT2D eigenvalue weighted by molar-refractivity contribution is 7.99. The highest BCUT2D eigenvalue weighted by atomic mass is 32.2. The molecular weight excluding hydrogens is 372 g/mol. The molecule has 0 aliphatic heterocycles. The van der Waals surface area contributed by atoms with Gasteiger partial charge in [-0.25, -0.2) is 14.8 Å². The number of nitrogens with one attached hydrogen (secondary N) is 1. The lowest BCUT2D eigenvalue weighted by Crippen LogP contribution is -2.39. The van der Waals surface area contributed by atoms with Crippen molar-refractivity contribution in [3.8, 4) is 0 Å². The molecule has 0 bridgehead atoms. The van der Waals surface area contributed by atoms with Crippen molar-refractivity contribution in [3.05, 3.63) is 17.0 Å². The van der Waals surface area contributed by atoms with Gasteiger partial charge in [-0.15, -0.1) is 0 Å². The summed E-state index contributed by atoms with van der Waals surface area (Å²) in [6, 6.07) is 0. The zero-order valence-electron chi connectivity index (χ0n) is 14.7. The van der Waals surface area contributed by atoms with E-state index in [1.54, 1.807) is 13.8 Å². The molecule has 0 saturated carbocycles. The van der Waals surface area contributed by atoms with Crippen LogP contribution in [0, 0.1) is 13.8 Å². The van der Waals surface area contributed by atoms with Gasteiger partial charge in [-0.05, 0) is 44.5 Å². The number of carbonyl (C=O) groups excluding carboxylic acids is 3. The molecule has 1 N–H and O–H groups in total. The second-order valence-corrected chi connectivity index (χ2v) is 6.10. The number of halogens is 2. The number of carbonyl (C=O) groups is 3. The van der Waals surface area contributed by atoms with Crippen molar-refractivity contribution in [2.24, 2.45) is 0 Å². The Kier molecular flexibility index (Phi) is 8.36. The van der Waals surface area contributed by atoms with E-state index in [2.05, 4.69) is 14.7 Å². The second kappa shape index (κ2) is 10.00. The maximum atomic E-state index is 12.4. The Morgan fingerprint density at radius 2 is 1.77 bits per heavy atom. The van der Waals surface area contributed by atoms with Gasteiger partial charge < -0.3 is 9.47 Å². The fourth-order valence-corrected chi connectivity index (χ4v) is 2.53. The molecule has 1 rings (SSSR count). The van der Waals surface area contributed by atoms with E-state index >= 15 is 0 Å². The molecule has 2 amide bonds. The Bertz CT molecular complexity index is 664. The van der Waals surface area contributed by atoms with Crippen LogP contribution in [0.5, 0.6) is 0 Å². The molecule has 26 heavy (non-hydrogen) atoms. The first kappa shape index (κ1) is 21.7. The number of methoxy groups -OCH3 is 1. The van der Waals surface area contributed by atoms with Crippen molar-refractivity contribution in [3.63, 3.8) is 0 Å².